The second kappa shape index (κ2) is 10.7. The van der Waals surface area contributed by atoms with Crippen LogP contribution in [0.3, 0.4) is 0 Å². The quantitative estimate of drug-likeness (QED) is 0.212. The zero-order valence-corrected chi connectivity index (χ0v) is 26.7. The number of fused-ring (bicyclic) bond motifs is 5. The highest BCUT2D eigenvalue weighted by Crippen LogP contribution is 2.65. The molecule has 0 aromatic heterocycles. The molecule has 35 heavy (non-hydrogen) atoms. The van der Waals surface area contributed by atoms with E-state index in [0.29, 0.717) is 23.0 Å². The summed E-state index contributed by atoms with van der Waals surface area (Å²) in [5.41, 5.74) is 2.62. The number of hydrogen-bond acceptors (Lipinski definition) is 2. The van der Waals surface area contributed by atoms with E-state index in [0.717, 1.165) is 17.8 Å². The van der Waals surface area contributed by atoms with Crippen molar-refractivity contribution >= 4 is 16.6 Å². The van der Waals surface area contributed by atoms with Crippen LogP contribution in [-0.2, 0) is 8.85 Å². The van der Waals surface area contributed by atoms with Gasteiger partial charge in [0.05, 0.1) is 6.10 Å². The highest BCUT2D eigenvalue weighted by atomic mass is 28.4. The van der Waals surface area contributed by atoms with Gasteiger partial charge in [-0.05, 0) is 116 Å². The van der Waals surface area contributed by atoms with Crippen LogP contribution >= 0.6 is 0 Å². The van der Waals surface area contributed by atoms with Crippen molar-refractivity contribution in [2.45, 2.75) is 155 Å². The smallest absolute Gasteiger partial charge is 0.192 e. The molecule has 0 heterocycles. The van der Waals surface area contributed by atoms with E-state index in [2.05, 4.69) is 61.5 Å². The molecular formula is C31H58O2Si2. The minimum Gasteiger partial charge on any atom is -0.414 e. The summed E-state index contributed by atoms with van der Waals surface area (Å²) in [7, 11) is -3.07. The topological polar surface area (TPSA) is 18.5 Å². The molecule has 0 spiro atoms. The van der Waals surface area contributed by atoms with E-state index in [-0.39, 0.29) is 0 Å². The van der Waals surface area contributed by atoms with Gasteiger partial charge in [0.15, 0.2) is 16.6 Å². The van der Waals surface area contributed by atoms with Crippen molar-refractivity contribution in [2.75, 3.05) is 0 Å². The van der Waals surface area contributed by atoms with Gasteiger partial charge >= 0.3 is 0 Å². The second-order valence-corrected chi connectivity index (χ2v) is 22.9. The largest absolute Gasteiger partial charge is 0.414 e. The summed E-state index contributed by atoms with van der Waals surface area (Å²) in [6.45, 7) is 19.6. The highest BCUT2D eigenvalue weighted by Gasteiger charge is 2.59. The fraction of sp³-hybridized carbons (Fsp3) is 0.935. The van der Waals surface area contributed by atoms with E-state index in [4.69, 9.17) is 8.85 Å². The molecule has 0 N–H and O–H groups in total. The van der Waals surface area contributed by atoms with Crippen LogP contribution in [0.4, 0.5) is 0 Å². The molecule has 4 rings (SSSR count). The maximum atomic E-state index is 7.23. The van der Waals surface area contributed by atoms with E-state index in [1.165, 1.54) is 87.6 Å². The summed E-state index contributed by atoms with van der Waals surface area (Å²) >= 11 is 0. The summed E-state index contributed by atoms with van der Waals surface area (Å²) in [6.07, 6.45) is 14.5. The van der Waals surface area contributed by atoms with Gasteiger partial charge in [0.1, 0.15) is 0 Å². The Balaban J connectivity index is 1.50. The van der Waals surface area contributed by atoms with E-state index in [9.17, 15) is 0 Å². The average Bonchev–Trinajstić information content (AvgIpc) is 3.21. The minimum atomic E-state index is -1.55. The van der Waals surface area contributed by atoms with Gasteiger partial charge in [0.25, 0.3) is 0 Å². The van der Waals surface area contributed by atoms with Crippen LogP contribution in [-0.4, -0.2) is 28.8 Å². The zero-order valence-electron chi connectivity index (χ0n) is 24.7. The number of allylic oxidation sites excluding steroid dienone is 1. The zero-order chi connectivity index (χ0) is 25.5. The molecule has 0 radical (unpaired) electrons. The monoisotopic (exact) mass is 518 g/mol. The van der Waals surface area contributed by atoms with Crippen LogP contribution in [0.15, 0.2) is 11.6 Å². The standard InChI is InChI=1S/C31H58O2Si2/c1-9-34(10-2,11-3)32-25-19-21-30(7)24(23-25)15-16-26-27-17-18-29(31(27,8)22-20-28(26)30)33-35(12-4,13-5)14-6/h15,25-29H,9-14,16-23H2,1-8H3. The van der Waals surface area contributed by atoms with Gasteiger partial charge in [-0.25, -0.2) is 0 Å². The summed E-state index contributed by atoms with van der Waals surface area (Å²) in [4.78, 5) is 0. The van der Waals surface area contributed by atoms with Crippen molar-refractivity contribution < 1.29 is 8.85 Å². The lowest BCUT2D eigenvalue weighted by Gasteiger charge is -2.58. The van der Waals surface area contributed by atoms with Crippen LogP contribution in [0.5, 0.6) is 0 Å². The molecule has 0 saturated heterocycles. The van der Waals surface area contributed by atoms with Crippen molar-refractivity contribution in [1.29, 1.82) is 0 Å². The first-order valence-corrected chi connectivity index (χ1v) is 20.8. The Morgan fingerprint density at radius 2 is 1.34 bits per heavy atom. The molecule has 7 unspecified atom stereocenters. The lowest BCUT2D eigenvalue weighted by molar-refractivity contribution is -0.0667. The SMILES string of the molecule is CC[Si](CC)(CC)OC1CCC2(C)C(=CCC3C2CCC2(C)C(O[Si](CC)(CC)CC)CCC32)C1. The fourth-order valence-corrected chi connectivity index (χ4v) is 15.4. The Hall–Kier alpha value is 0.0938. The first-order valence-electron chi connectivity index (χ1n) is 15.7. The van der Waals surface area contributed by atoms with Crippen molar-refractivity contribution in [1.82, 2.24) is 0 Å². The van der Waals surface area contributed by atoms with Crippen molar-refractivity contribution in [3.63, 3.8) is 0 Å². The predicted molar refractivity (Wildman–Crippen MR) is 156 cm³/mol. The number of hydrogen-bond donors (Lipinski definition) is 0. The Kier molecular flexibility index (Phi) is 8.59. The van der Waals surface area contributed by atoms with E-state index >= 15 is 0 Å². The number of rotatable bonds is 10. The molecule has 0 aliphatic heterocycles. The molecule has 3 saturated carbocycles. The molecule has 0 aromatic carbocycles. The molecule has 2 nitrogen and oxygen atoms in total. The molecule has 3 fully saturated rings. The lowest BCUT2D eigenvalue weighted by atomic mass is 9.48. The first kappa shape index (κ1) is 28.1. The summed E-state index contributed by atoms with van der Waals surface area (Å²) in [5, 5.41) is 0. The van der Waals surface area contributed by atoms with Crippen molar-refractivity contribution in [3.05, 3.63) is 11.6 Å². The van der Waals surface area contributed by atoms with Gasteiger partial charge in [-0.3, -0.25) is 0 Å². The van der Waals surface area contributed by atoms with Gasteiger partial charge in [-0.15, -0.1) is 0 Å². The van der Waals surface area contributed by atoms with Crippen molar-refractivity contribution in [2.24, 2.45) is 28.6 Å². The van der Waals surface area contributed by atoms with Gasteiger partial charge in [0, 0.05) is 6.10 Å². The normalized spacial score (nSPS) is 39.5. The lowest BCUT2D eigenvalue weighted by Crippen LogP contribution is -2.53. The Bertz CT molecular complexity index is 741. The van der Waals surface area contributed by atoms with Gasteiger partial charge in [-0.1, -0.05) is 67.0 Å². The van der Waals surface area contributed by atoms with E-state index < -0.39 is 16.6 Å². The molecule has 4 heteroatoms. The molecule has 202 valence electrons. The Labute approximate surface area is 220 Å². The van der Waals surface area contributed by atoms with Crippen molar-refractivity contribution in [3.8, 4) is 0 Å². The third-order valence-corrected chi connectivity index (χ3v) is 22.0. The molecule has 0 amide bonds. The third-order valence-electron chi connectivity index (χ3n) is 12.6. The maximum Gasteiger partial charge on any atom is 0.192 e. The molecule has 0 aromatic rings. The van der Waals surface area contributed by atoms with Crippen LogP contribution in [0.1, 0.15) is 107 Å². The van der Waals surface area contributed by atoms with Crippen LogP contribution in [0, 0.1) is 28.6 Å². The molecule has 4 aliphatic carbocycles. The summed E-state index contributed by atoms with van der Waals surface area (Å²) in [5.74, 6) is 2.63. The Morgan fingerprint density at radius 3 is 1.94 bits per heavy atom. The van der Waals surface area contributed by atoms with Gasteiger partial charge < -0.3 is 8.85 Å². The molecular weight excluding hydrogens is 461 g/mol. The fourth-order valence-electron chi connectivity index (χ4n) is 9.53. The second-order valence-electron chi connectivity index (χ2n) is 13.5. The van der Waals surface area contributed by atoms with Crippen LogP contribution in [0.25, 0.3) is 0 Å². The molecule has 4 aliphatic rings. The van der Waals surface area contributed by atoms with Crippen LogP contribution < -0.4 is 0 Å². The van der Waals surface area contributed by atoms with E-state index in [1.54, 1.807) is 5.57 Å². The average molecular weight is 519 g/mol. The third kappa shape index (κ3) is 4.74. The highest BCUT2D eigenvalue weighted by molar-refractivity contribution is 6.74. The Morgan fingerprint density at radius 1 is 0.743 bits per heavy atom. The minimum absolute atomic E-state index is 0.412. The maximum absolute atomic E-state index is 7.23. The summed E-state index contributed by atoms with van der Waals surface area (Å²) < 4.78 is 14.3. The molecule has 7 atom stereocenters. The molecule has 0 bridgehead atoms. The summed E-state index contributed by atoms with van der Waals surface area (Å²) in [6, 6.07) is 7.69. The van der Waals surface area contributed by atoms with Crippen LogP contribution in [0.2, 0.25) is 36.3 Å². The first-order chi connectivity index (χ1) is 16.7. The van der Waals surface area contributed by atoms with Gasteiger partial charge in [0.2, 0.25) is 0 Å². The van der Waals surface area contributed by atoms with Gasteiger partial charge in [-0.2, -0.15) is 0 Å². The predicted octanol–water partition coefficient (Wildman–Crippen LogP) is 9.73. The van der Waals surface area contributed by atoms with E-state index in [1.807, 2.05) is 0 Å².